The minimum Gasteiger partial charge on any atom is -0.426 e. The standard InChI is InChI=1S/C22H23F3O2/c1-2-3-4-5-14-6-8-15(9-7-14)22(26)27-17-10-11-18-16(12-17)13-19(23)21(25)20(18)24/h2-3,10-15H,4-9H2,1H3/b3-2+. The highest BCUT2D eigenvalue weighted by atomic mass is 19.2. The molecule has 1 aliphatic carbocycles. The second kappa shape index (κ2) is 8.59. The van der Waals surface area contributed by atoms with Crippen LogP contribution in [0.5, 0.6) is 5.75 Å². The van der Waals surface area contributed by atoms with Crippen LogP contribution in [0.25, 0.3) is 10.8 Å². The van der Waals surface area contributed by atoms with E-state index in [9.17, 15) is 18.0 Å². The monoisotopic (exact) mass is 376 g/mol. The molecule has 1 saturated carbocycles. The Morgan fingerprint density at radius 1 is 1.11 bits per heavy atom. The molecule has 0 aromatic heterocycles. The van der Waals surface area contributed by atoms with Gasteiger partial charge in [0, 0.05) is 5.39 Å². The number of benzene rings is 2. The molecule has 3 rings (SSSR count). The summed E-state index contributed by atoms with van der Waals surface area (Å²) in [4.78, 5) is 12.4. The first-order chi connectivity index (χ1) is 13.0. The molecule has 1 fully saturated rings. The summed E-state index contributed by atoms with van der Waals surface area (Å²) < 4.78 is 45.9. The Labute approximate surface area is 157 Å². The maximum Gasteiger partial charge on any atom is 0.314 e. The van der Waals surface area contributed by atoms with Gasteiger partial charge in [-0.05, 0) is 81.0 Å². The molecule has 1 aliphatic rings. The van der Waals surface area contributed by atoms with Gasteiger partial charge in [-0.25, -0.2) is 13.2 Å². The quantitative estimate of drug-likeness (QED) is 0.264. The van der Waals surface area contributed by atoms with Crippen LogP contribution in [-0.2, 0) is 4.79 Å². The molecule has 27 heavy (non-hydrogen) atoms. The zero-order valence-electron chi connectivity index (χ0n) is 15.3. The first-order valence-electron chi connectivity index (χ1n) is 9.39. The van der Waals surface area contributed by atoms with Gasteiger partial charge in [-0.1, -0.05) is 12.2 Å². The molecule has 0 amide bonds. The molecule has 0 spiro atoms. The van der Waals surface area contributed by atoms with E-state index in [2.05, 4.69) is 12.2 Å². The summed E-state index contributed by atoms with van der Waals surface area (Å²) in [6.07, 6.45) is 10.0. The van der Waals surface area contributed by atoms with Crippen molar-refractivity contribution in [2.75, 3.05) is 0 Å². The average Bonchev–Trinajstić information content (AvgIpc) is 2.67. The van der Waals surface area contributed by atoms with Gasteiger partial charge < -0.3 is 4.74 Å². The number of esters is 1. The fraction of sp³-hybridized carbons (Fsp3) is 0.409. The van der Waals surface area contributed by atoms with E-state index < -0.39 is 17.5 Å². The molecule has 0 saturated heterocycles. The van der Waals surface area contributed by atoms with Gasteiger partial charge in [0.1, 0.15) is 5.75 Å². The fourth-order valence-electron chi connectivity index (χ4n) is 3.73. The van der Waals surface area contributed by atoms with Crippen LogP contribution in [0.3, 0.4) is 0 Å². The number of rotatable bonds is 5. The van der Waals surface area contributed by atoms with Crippen molar-refractivity contribution in [3.63, 3.8) is 0 Å². The summed E-state index contributed by atoms with van der Waals surface area (Å²) in [5.41, 5.74) is 0. The van der Waals surface area contributed by atoms with Gasteiger partial charge in [0.25, 0.3) is 0 Å². The summed E-state index contributed by atoms with van der Waals surface area (Å²) in [6.45, 7) is 2.01. The topological polar surface area (TPSA) is 26.3 Å². The number of hydrogen-bond acceptors (Lipinski definition) is 2. The van der Waals surface area contributed by atoms with Gasteiger partial charge in [0.15, 0.2) is 17.5 Å². The third kappa shape index (κ3) is 4.52. The summed E-state index contributed by atoms with van der Waals surface area (Å²) in [5.74, 6) is -3.61. The normalized spacial score (nSPS) is 20.3. The largest absolute Gasteiger partial charge is 0.426 e. The highest BCUT2D eigenvalue weighted by Gasteiger charge is 2.27. The number of allylic oxidation sites excluding steroid dienone is 2. The van der Waals surface area contributed by atoms with Crippen molar-refractivity contribution in [3.8, 4) is 5.75 Å². The number of carbonyl (C=O) groups is 1. The number of fused-ring (bicyclic) bond motifs is 1. The Morgan fingerprint density at radius 2 is 1.85 bits per heavy atom. The van der Waals surface area contributed by atoms with E-state index in [1.165, 1.54) is 18.2 Å². The minimum atomic E-state index is -1.50. The lowest BCUT2D eigenvalue weighted by molar-refractivity contribution is -0.140. The summed E-state index contributed by atoms with van der Waals surface area (Å²) in [7, 11) is 0. The molecular weight excluding hydrogens is 353 g/mol. The lowest BCUT2D eigenvalue weighted by Gasteiger charge is -2.26. The predicted molar refractivity (Wildman–Crippen MR) is 99.0 cm³/mol. The zero-order valence-corrected chi connectivity index (χ0v) is 15.3. The van der Waals surface area contributed by atoms with Crippen molar-refractivity contribution in [2.45, 2.75) is 45.4 Å². The molecule has 5 heteroatoms. The van der Waals surface area contributed by atoms with Crippen LogP contribution in [0.1, 0.15) is 45.4 Å². The van der Waals surface area contributed by atoms with Crippen molar-refractivity contribution in [3.05, 3.63) is 53.9 Å². The first kappa shape index (κ1) is 19.5. The molecule has 2 nitrogen and oxygen atoms in total. The van der Waals surface area contributed by atoms with Crippen LogP contribution in [0.2, 0.25) is 0 Å². The van der Waals surface area contributed by atoms with Crippen LogP contribution >= 0.6 is 0 Å². The second-order valence-electron chi connectivity index (χ2n) is 7.15. The van der Waals surface area contributed by atoms with E-state index in [0.29, 0.717) is 5.92 Å². The summed E-state index contributed by atoms with van der Waals surface area (Å²) >= 11 is 0. The van der Waals surface area contributed by atoms with Gasteiger partial charge in [0.2, 0.25) is 0 Å². The van der Waals surface area contributed by atoms with E-state index in [1.54, 1.807) is 0 Å². The maximum absolute atomic E-state index is 13.8. The predicted octanol–water partition coefficient (Wildman–Crippen LogP) is 6.33. The maximum atomic E-state index is 13.8. The van der Waals surface area contributed by atoms with Gasteiger partial charge in [0.05, 0.1) is 5.92 Å². The lowest BCUT2D eigenvalue weighted by Crippen LogP contribution is -2.25. The van der Waals surface area contributed by atoms with Crippen molar-refractivity contribution >= 4 is 16.7 Å². The molecule has 2 aromatic carbocycles. The van der Waals surface area contributed by atoms with Gasteiger partial charge in [-0.2, -0.15) is 0 Å². The van der Waals surface area contributed by atoms with Crippen LogP contribution in [0, 0.1) is 29.3 Å². The second-order valence-corrected chi connectivity index (χ2v) is 7.15. The van der Waals surface area contributed by atoms with E-state index in [1.807, 2.05) is 6.92 Å². The Bertz CT molecular complexity index is 852. The number of carbonyl (C=O) groups excluding carboxylic acids is 1. The van der Waals surface area contributed by atoms with Crippen molar-refractivity contribution in [1.29, 1.82) is 0 Å². The third-order valence-electron chi connectivity index (χ3n) is 5.32. The van der Waals surface area contributed by atoms with E-state index >= 15 is 0 Å². The number of hydrogen-bond donors (Lipinski definition) is 0. The molecule has 0 bridgehead atoms. The van der Waals surface area contributed by atoms with Crippen molar-refractivity contribution < 1.29 is 22.7 Å². The smallest absolute Gasteiger partial charge is 0.314 e. The average molecular weight is 376 g/mol. The number of ether oxygens (including phenoxy) is 1. The molecular formula is C22H23F3O2. The summed E-state index contributed by atoms with van der Waals surface area (Å²) in [5, 5.41) is 0.111. The molecule has 0 atom stereocenters. The molecule has 0 aliphatic heterocycles. The van der Waals surface area contributed by atoms with Gasteiger partial charge >= 0.3 is 5.97 Å². The lowest BCUT2D eigenvalue weighted by atomic mass is 9.80. The van der Waals surface area contributed by atoms with Crippen LogP contribution in [-0.4, -0.2) is 5.97 Å². The van der Waals surface area contributed by atoms with Crippen LogP contribution in [0.4, 0.5) is 13.2 Å². The molecule has 0 unspecified atom stereocenters. The van der Waals surface area contributed by atoms with Gasteiger partial charge in [-0.3, -0.25) is 4.79 Å². The van der Waals surface area contributed by atoms with Crippen LogP contribution < -0.4 is 4.74 Å². The number of halogens is 3. The fourth-order valence-corrected chi connectivity index (χ4v) is 3.73. The molecule has 0 N–H and O–H groups in total. The van der Waals surface area contributed by atoms with E-state index in [-0.39, 0.29) is 28.4 Å². The highest BCUT2D eigenvalue weighted by molar-refractivity contribution is 5.85. The molecule has 144 valence electrons. The minimum absolute atomic E-state index is 0.0460. The molecule has 0 heterocycles. The Hall–Kier alpha value is -2.30. The van der Waals surface area contributed by atoms with Crippen molar-refractivity contribution in [1.82, 2.24) is 0 Å². The Morgan fingerprint density at radius 3 is 2.56 bits per heavy atom. The Kier molecular flexibility index (Phi) is 6.19. The molecule has 0 radical (unpaired) electrons. The van der Waals surface area contributed by atoms with Gasteiger partial charge in [-0.15, -0.1) is 0 Å². The van der Waals surface area contributed by atoms with Crippen molar-refractivity contribution in [2.24, 2.45) is 11.8 Å². The third-order valence-corrected chi connectivity index (χ3v) is 5.32. The highest BCUT2D eigenvalue weighted by Crippen LogP contribution is 2.33. The Balaban J connectivity index is 1.62. The van der Waals surface area contributed by atoms with E-state index in [0.717, 1.165) is 44.6 Å². The van der Waals surface area contributed by atoms with Crippen LogP contribution in [0.15, 0.2) is 36.4 Å². The van der Waals surface area contributed by atoms with E-state index in [4.69, 9.17) is 4.74 Å². The zero-order chi connectivity index (χ0) is 19.4. The summed E-state index contributed by atoms with van der Waals surface area (Å²) in [6, 6.07) is 4.97. The first-order valence-corrected chi connectivity index (χ1v) is 9.39. The molecule has 2 aromatic rings. The SMILES string of the molecule is C/C=C/CCC1CCC(C(=O)Oc2ccc3c(F)c(F)c(F)cc3c2)CC1.